The Balaban J connectivity index is 1.30. The minimum atomic E-state index is -1.06. The number of alkyl halides is 1. The van der Waals surface area contributed by atoms with E-state index in [1.54, 1.807) is 48.5 Å². The number of likely N-dealkylation sites (tertiary alicyclic amines) is 1. The van der Waals surface area contributed by atoms with Crippen molar-refractivity contribution in [1.82, 2.24) is 4.90 Å². The van der Waals surface area contributed by atoms with Crippen molar-refractivity contribution < 1.29 is 18.7 Å². The van der Waals surface area contributed by atoms with E-state index in [-0.39, 0.29) is 19.0 Å². The van der Waals surface area contributed by atoms with Gasteiger partial charge in [0.2, 0.25) is 0 Å². The Hall–Kier alpha value is -1.82. The lowest BCUT2D eigenvalue weighted by molar-refractivity contribution is -0.122. The lowest BCUT2D eigenvalue weighted by atomic mass is 9.92. The van der Waals surface area contributed by atoms with Crippen LogP contribution in [-0.4, -0.2) is 49.7 Å². The summed E-state index contributed by atoms with van der Waals surface area (Å²) in [6.45, 7) is 2.00. The van der Waals surface area contributed by atoms with Crippen LogP contribution in [-0.2, 0) is 4.79 Å². The number of carbonyl (C=O) groups is 1. The number of carbonyl (C=O) groups excluding carboxylic acids is 1. The van der Waals surface area contributed by atoms with Crippen LogP contribution in [0.3, 0.4) is 0 Å². The average Bonchev–Trinajstić information content (AvgIpc) is 2.74. The van der Waals surface area contributed by atoms with Gasteiger partial charge in [-0.2, -0.15) is 0 Å². The summed E-state index contributed by atoms with van der Waals surface area (Å²) in [6, 6.07) is 13.9. The molecule has 1 unspecified atom stereocenters. The zero-order valence-electron chi connectivity index (χ0n) is 16.7. The zero-order valence-corrected chi connectivity index (χ0v) is 18.2. The fourth-order valence-corrected chi connectivity index (χ4v) is 3.75. The number of ether oxygens (including phenoxy) is 2. The molecule has 0 N–H and O–H groups in total. The molecule has 0 aromatic heterocycles. The summed E-state index contributed by atoms with van der Waals surface area (Å²) in [5.74, 6) is 1.66. The van der Waals surface area contributed by atoms with Crippen LogP contribution in [0.2, 0.25) is 10.0 Å². The molecule has 0 aliphatic carbocycles. The number of ketones is 1. The molecule has 30 heavy (non-hydrogen) atoms. The summed E-state index contributed by atoms with van der Waals surface area (Å²) >= 11 is 11.7. The van der Waals surface area contributed by atoms with E-state index in [1.807, 2.05) is 0 Å². The van der Waals surface area contributed by atoms with Crippen LogP contribution in [0.25, 0.3) is 0 Å². The molecule has 1 atom stereocenters. The third kappa shape index (κ3) is 7.78. The molecule has 2 aromatic rings. The highest BCUT2D eigenvalue weighted by molar-refractivity contribution is 6.30. The largest absolute Gasteiger partial charge is 0.491 e. The number of halogens is 3. The molecule has 4 nitrogen and oxygen atoms in total. The van der Waals surface area contributed by atoms with E-state index in [2.05, 4.69) is 4.90 Å². The Bertz CT molecular complexity index is 793. The summed E-state index contributed by atoms with van der Waals surface area (Å²) < 4.78 is 25.3. The second-order valence-corrected chi connectivity index (χ2v) is 8.46. The van der Waals surface area contributed by atoms with Crippen LogP contribution in [0.5, 0.6) is 11.5 Å². The third-order valence-corrected chi connectivity index (χ3v) is 5.64. The first-order valence-electron chi connectivity index (χ1n) is 10.1. The molecule has 0 bridgehead atoms. The number of Topliss-reactive ketones (excluding diaryl/α,β-unsaturated/α-hetero) is 1. The molecule has 1 fully saturated rings. The summed E-state index contributed by atoms with van der Waals surface area (Å²) in [7, 11) is 0. The van der Waals surface area contributed by atoms with Crippen molar-refractivity contribution in [1.29, 1.82) is 0 Å². The summed E-state index contributed by atoms with van der Waals surface area (Å²) in [5, 5.41) is 1.25. The number of piperidine rings is 1. The number of hydrogen-bond acceptors (Lipinski definition) is 4. The van der Waals surface area contributed by atoms with Gasteiger partial charge in [0.25, 0.3) is 0 Å². The number of benzene rings is 2. The SMILES string of the molecule is O=C(COc1ccc(Cl)cc1)CC1CCN(CC(F)COc2ccc(Cl)cc2)CC1. The molecule has 1 heterocycles. The molecule has 0 amide bonds. The predicted molar refractivity (Wildman–Crippen MR) is 118 cm³/mol. The first-order chi connectivity index (χ1) is 14.5. The normalized spacial score (nSPS) is 16.2. The predicted octanol–water partition coefficient (Wildman–Crippen LogP) is 5.46. The van der Waals surface area contributed by atoms with E-state index < -0.39 is 6.17 Å². The lowest BCUT2D eigenvalue weighted by Gasteiger charge is -2.32. The Morgan fingerprint density at radius 3 is 2.07 bits per heavy atom. The maximum absolute atomic E-state index is 14.3. The van der Waals surface area contributed by atoms with Gasteiger partial charge >= 0.3 is 0 Å². The maximum Gasteiger partial charge on any atom is 0.170 e. The maximum atomic E-state index is 14.3. The van der Waals surface area contributed by atoms with E-state index in [4.69, 9.17) is 32.7 Å². The van der Waals surface area contributed by atoms with Crippen LogP contribution < -0.4 is 9.47 Å². The van der Waals surface area contributed by atoms with Crippen molar-refractivity contribution in [3.05, 3.63) is 58.6 Å². The topological polar surface area (TPSA) is 38.8 Å². The number of hydrogen-bond donors (Lipinski definition) is 0. The second kappa shape index (κ2) is 11.5. The van der Waals surface area contributed by atoms with E-state index in [0.717, 1.165) is 25.9 Å². The monoisotopic (exact) mass is 453 g/mol. The van der Waals surface area contributed by atoms with Crippen molar-refractivity contribution in [2.24, 2.45) is 5.92 Å². The summed E-state index contributed by atoms with van der Waals surface area (Å²) in [5.41, 5.74) is 0. The zero-order chi connectivity index (χ0) is 21.3. The van der Waals surface area contributed by atoms with Crippen LogP contribution >= 0.6 is 23.2 Å². The minimum Gasteiger partial charge on any atom is -0.491 e. The van der Waals surface area contributed by atoms with E-state index >= 15 is 0 Å². The van der Waals surface area contributed by atoms with Crippen molar-refractivity contribution >= 4 is 29.0 Å². The van der Waals surface area contributed by atoms with Gasteiger partial charge in [0.1, 0.15) is 30.9 Å². The summed E-state index contributed by atoms with van der Waals surface area (Å²) in [4.78, 5) is 14.3. The minimum absolute atomic E-state index is 0.0160. The third-order valence-electron chi connectivity index (χ3n) is 5.14. The highest BCUT2D eigenvalue weighted by atomic mass is 35.5. The average molecular weight is 454 g/mol. The quantitative estimate of drug-likeness (QED) is 0.478. The number of rotatable bonds is 10. The molecule has 0 radical (unpaired) electrons. The van der Waals surface area contributed by atoms with Gasteiger partial charge < -0.3 is 14.4 Å². The highest BCUT2D eigenvalue weighted by Crippen LogP contribution is 2.22. The Kier molecular flexibility index (Phi) is 8.79. The van der Waals surface area contributed by atoms with Crippen molar-refractivity contribution in [3.63, 3.8) is 0 Å². The smallest absolute Gasteiger partial charge is 0.170 e. The number of nitrogens with zero attached hydrogens (tertiary/aromatic N) is 1. The van der Waals surface area contributed by atoms with Crippen molar-refractivity contribution in [2.45, 2.75) is 25.4 Å². The van der Waals surface area contributed by atoms with Crippen LogP contribution in [0, 0.1) is 5.92 Å². The molecular weight excluding hydrogens is 428 g/mol. The second-order valence-electron chi connectivity index (χ2n) is 7.59. The molecule has 3 rings (SSSR count). The Morgan fingerprint density at radius 1 is 0.967 bits per heavy atom. The van der Waals surface area contributed by atoms with Gasteiger partial charge in [-0.05, 0) is 80.4 Å². The van der Waals surface area contributed by atoms with Gasteiger partial charge in [-0.25, -0.2) is 4.39 Å². The van der Waals surface area contributed by atoms with Crippen molar-refractivity contribution in [2.75, 3.05) is 32.8 Å². The molecular formula is C23H26Cl2FNO3. The van der Waals surface area contributed by atoms with Crippen LogP contribution in [0.1, 0.15) is 19.3 Å². The molecule has 162 valence electrons. The lowest BCUT2D eigenvalue weighted by Crippen LogP contribution is -2.39. The fourth-order valence-electron chi connectivity index (χ4n) is 3.50. The molecule has 0 spiro atoms. The van der Waals surface area contributed by atoms with E-state index in [0.29, 0.717) is 40.4 Å². The molecule has 1 aliphatic heterocycles. The molecule has 1 saturated heterocycles. The first kappa shape index (κ1) is 22.9. The summed E-state index contributed by atoms with van der Waals surface area (Å²) in [6.07, 6.45) is 1.21. The van der Waals surface area contributed by atoms with Gasteiger partial charge in [0.05, 0.1) is 0 Å². The first-order valence-corrected chi connectivity index (χ1v) is 10.9. The van der Waals surface area contributed by atoms with Gasteiger partial charge in [0.15, 0.2) is 5.78 Å². The van der Waals surface area contributed by atoms with Gasteiger partial charge in [0, 0.05) is 23.0 Å². The van der Waals surface area contributed by atoms with Gasteiger partial charge in [-0.15, -0.1) is 0 Å². The molecule has 0 saturated carbocycles. The molecule has 1 aliphatic rings. The van der Waals surface area contributed by atoms with Crippen LogP contribution in [0.15, 0.2) is 48.5 Å². The Labute approximate surface area is 186 Å². The standard InChI is InChI=1S/C23H26Cl2FNO3/c24-18-1-5-22(6-2-18)29-15-20(26)14-27-11-9-17(10-12-27)13-21(28)16-30-23-7-3-19(25)4-8-23/h1-8,17,20H,9-16H2. The molecule has 2 aromatic carbocycles. The van der Waals surface area contributed by atoms with Crippen LogP contribution in [0.4, 0.5) is 4.39 Å². The van der Waals surface area contributed by atoms with Gasteiger partial charge in [-0.3, -0.25) is 4.79 Å². The van der Waals surface area contributed by atoms with Gasteiger partial charge in [-0.1, -0.05) is 23.2 Å². The van der Waals surface area contributed by atoms with Crippen molar-refractivity contribution in [3.8, 4) is 11.5 Å². The Morgan fingerprint density at radius 2 is 1.50 bits per heavy atom. The van der Waals surface area contributed by atoms with E-state index in [1.165, 1.54) is 0 Å². The highest BCUT2D eigenvalue weighted by Gasteiger charge is 2.23. The molecule has 7 heteroatoms. The fraction of sp³-hybridized carbons (Fsp3) is 0.435. The van der Waals surface area contributed by atoms with E-state index in [9.17, 15) is 9.18 Å².